The zero-order valence-electron chi connectivity index (χ0n) is 6.99. The number of esters is 1. The summed E-state index contributed by atoms with van der Waals surface area (Å²) < 4.78 is 4.59. The lowest BCUT2D eigenvalue weighted by molar-refractivity contribution is -0.143. The number of carbonyl (C=O) groups is 1. The highest BCUT2D eigenvalue weighted by atomic mass is 16.5. The Labute approximate surface area is 70.9 Å². The van der Waals surface area contributed by atoms with Crippen molar-refractivity contribution in [1.82, 2.24) is 5.32 Å². The molecule has 0 saturated carbocycles. The number of hydrogen-bond acceptors (Lipinski definition) is 6. The summed E-state index contributed by atoms with van der Waals surface area (Å²) in [5.74, 6) is -0.534. The number of rotatable bonds is 5. The second kappa shape index (κ2) is 5.90. The van der Waals surface area contributed by atoms with E-state index in [4.69, 9.17) is 16.6 Å². The van der Waals surface area contributed by atoms with Gasteiger partial charge in [0.05, 0.1) is 12.6 Å². The van der Waals surface area contributed by atoms with Crippen molar-refractivity contribution in [3.8, 4) is 0 Å². The van der Waals surface area contributed by atoms with Gasteiger partial charge in [-0.25, -0.2) is 0 Å². The normalized spacial score (nSPS) is 15.3. The highest BCUT2D eigenvalue weighted by Crippen LogP contribution is 1.87. The van der Waals surface area contributed by atoms with Crippen molar-refractivity contribution in [2.75, 3.05) is 20.2 Å². The molecular formula is C6H15N3O3. The summed E-state index contributed by atoms with van der Waals surface area (Å²) in [6.07, 6.45) is -0.879. The molecule has 6 nitrogen and oxygen atoms in total. The summed E-state index contributed by atoms with van der Waals surface area (Å²) >= 11 is 0. The second-order valence-corrected chi connectivity index (χ2v) is 2.28. The summed E-state index contributed by atoms with van der Waals surface area (Å²) in [5, 5.41) is 11.6. The van der Waals surface area contributed by atoms with Crippen LogP contribution in [0.1, 0.15) is 0 Å². The lowest BCUT2D eigenvalue weighted by atomic mass is 10.3. The summed E-state index contributed by atoms with van der Waals surface area (Å²) in [4.78, 5) is 10.5. The highest BCUT2D eigenvalue weighted by Gasteiger charge is 2.13. The Hall–Kier alpha value is -0.690. The van der Waals surface area contributed by atoms with Crippen LogP contribution in [0.25, 0.3) is 0 Å². The number of ether oxygens (including phenoxy) is 1. The van der Waals surface area contributed by atoms with E-state index < -0.39 is 18.2 Å². The van der Waals surface area contributed by atoms with Crippen molar-refractivity contribution in [3.05, 3.63) is 0 Å². The van der Waals surface area contributed by atoms with Gasteiger partial charge in [0, 0.05) is 0 Å². The Morgan fingerprint density at radius 2 is 2.33 bits per heavy atom. The molecule has 0 unspecified atom stereocenters. The Bertz CT molecular complexity index is 142. The molecule has 0 aliphatic heterocycles. The molecule has 6 N–H and O–H groups in total. The topological polar surface area (TPSA) is 111 Å². The maximum Gasteiger partial charge on any atom is 0.319 e. The van der Waals surface area contributed by atoms with Crippen LogP contribution in [0, 0.1) is 0 Å². The van der Waals surface area contributed by atoms with Gasteiger partial charge in [-0.05, 0) is 7.05 Å². The van der Waals surface area contributed by atoms with Crippen LogP contribution < -0.4 is 16.8 Å². The average Bonchev–Trinajstić information content (AvgIpc) is 2.11. The van der Waals surface area contributed by atoms with Gasteiger partial charge in [0.2, 0.25) is 0 Å². The van der Waals surface area contributed by atoms with Crippen molar-refractivity contribution < 1.29 is 14.6 Å². The minimum atomic E-state index is -0.879. The third-order valence-electron chi connectivity index (χ3n) is 1.30. The van der Waals surface area contributed by atoms with Crippen molar-refractivity contribution in [2.24, 2.45) is 11.5 Å². The van der Waals surface area contributed by atoms with E-state index in [9.17, 15) is 4.79 Å². The first-order valence-corrected chi connectivity index (χ1v) is 3.58. The van der Waals surface area contributed by atoms with E-state index in [0.717, 1.165) is 0 Å². The molecule has 0 aliphatic rings. The molecule has 6 heteroatoms. The SMILES string of the molecule is CN[C@H](O)[C@@H](N)COC(=O)CN. The van der Waals surface area contributed by atoms with Crippen molar-refractivity contribution in [3.63, 3.8) is 0 Å². The van der Waals surface area contributed by atoms with Gasteiger partial charge in [-0.15, -0.1) is 0 Å². The van der Waals surface area contributed by atoms with Gasteiger partial charge < -0.3 is 21.3 Å². The van der Waals surface area contributed by atoms with E-state index in [1.54, 1.807) is 7.05 Å². The molecule has 0 aromatic carbocycles. The van der Waals surface area contributed by atoms with E-state index in [1.807, 2.05) is 0 Å². The molecule has 12 heavy (non-hydrogen) atoms. The van der Waals surface area contributed by atoms with Crippen LogP contribution in [0.3, 0.4) is 0 Å². The van der Waals surface area contributed by atoms with Gasteiger partial charge in [-0.3, -0.25) is 10.1 Å². The number of aliphatic hydroxyl groups excluding tert-OH is 1. The fraction of sp³-hybridized carbons (Fsp3) is 0.833. The Morgan fingerprint density at radius 3 is 2.75 bits per heavy atom. The van der Waals surface area contributed by atoms with Gasteiger partial charge in [-0.2, -0.15) is 0 Å². The molecule has 72 valence electrons. The van der Waals surface area contributed by atoms with Gasteiger partial charge in [0.1, 0.15) is 12.8 Å². The van der Waals surface area contributed by atoms with Gasteiger partial charge in [0.25, 0.3) is 0 Å². The molecule has 0 aromatic rings. The van der Waals surface area contributed by atoms with Crippen LogP contribution in [0.15, 0.2) is 0 Å². The van der Waals surface area contributed by atoms with Crippen LogP contribution in [-0.4, -0.2) is 43.5 Å². The quantitative estimate of drug-likeness (QED) is 0.270. The van der Waals surface area contributed by atoms with Gasteiger partial charge >= 0.3 is 5.97 Å². The van der Waals surface area contributed by atoms with Crippen molar-refractivity contribution in [2.45, 2.75) is 12.3 Å². The summed E-state index contributed by atoms with van der Waals surface area (Å²) in [7, 11) is 1.55. The Kier molecular flexibility index (Phi) is 5.56. The van der Waals surface area contributed by atoms with E-state index in [1.165, 1.54) is 0 Å². The van der Waals surface area contributed by atoms with Crippen molar-refractivity contribution in [1.29, 1.82) is 0 Å². The minimum absolute atomic E-state index is 0.0436. The molecule has 0 bridgehead atoms. The lowest BCUT2D eigenvalue weighted by Gasteiger charge is -2.17. The monoisotopic (exact) mass is 177 g/mol. The van der Waals surface area contributed by atoms with Gasteiger partial charge in [-0.1, -0.05) is 0 Å². The highest BCUT2D eigenvalue weighted by molar-refractivity contribution is 5.71. The molecule has 2 atom stereocenters. The first-order chi connectivity index (χ1) is 5.61. The van der Waals surface area contributed by atoms with Gasteiger partial charge in [0.15, 0.2) is 0 Å². The molecule has 0 aliphatic carbocycles. The predicted octanol–water partition coefficient (Wildman–Crippen LogP) is -2.65. The number of nitrogens with one attached hydrogen (secondary N) is 1. The van der Waals surface area contributed by atoms with E-state index >= 15 is 0 Å². The molecule has 0 amide bonds. The largest absolute Gasteiger partial charge is 0.463 e. The molecule has 0 heterocycles. The van der Waals surface area contributed by atoms with E-state index in [2.05, 4.69) is 10.1 Å². The molecule has 0 aromatic heterocycles. The standard InChI is InChI=1S/C6H15N3O3/c1-9-6(11)4(8)3-12-5(10)2-7/h4,6,9,11H,2-3,7-8H2,1H3/t4-,6+/m0/s1. The predicted molar refractivity (Wildman–Crippen MR) is 43.1 cm³/mol. The summed E-state index contributed by atoms with van der Waals surface area (Å²) in [5.41, 5.74) is 10.4. The third kappa shape index (κ3) is 4.24. The smallest absolute Gasteiger partial charge is 0.319 e. The van der Waals surface area contributed by atoms with E-state index in [0.29, 0.717) is 0 Å². The fourth-order valence-corrected chi connectivity index (χ4v) is 0.553. The summed E-state index contributed by atoms with van der Waals surface area (Å²) in [6, 6.07) is -0.634. The molecule has 0 rings (SSSR count). The van der Waals surface area contributed by atoms with Crippen LogP contribution >= 0.6 is 0 Å². The number of hydrogen-bond donors (Lipinski definition) is 4. The molecule has 0 spiro atoms. The number of aliphatic hydroxyl groups is 1. The zero-order valence-corrected chi connectivity index (χ0v) is 6.99. The van der Waals surface area contributed by atoms with Crippen LogP contribution in [0.2, 0.25) is 0 Å². The molecular weight excluding hydrogens is 162 g/mol. The van der Waals surface area contributed by atoms with Crippen LogP contribution in [-0.2, 0) is 9.53 Å². The number of likely N-dealkylation sites (N-methyl/N-ethyl adjacent to an activating group) is 1. The third-order valence-corrected chi connectivity index (χ3v) is 1.30. The lowest BCUT2D eigenvalue weighted by Crippen LogP contribution is -2.46. The zero-order chi connectivity index (χ0) is 9.56. The average molecular weight is 177 g/mol. The summed E-state index contributed by atoms with van der Waals surface area (Å²) in [6.45, 7) is -0.222. The number of carbonyl (C=O) groups excluding carboxylic acids is 1. The van der Waals surface area contributed by atoms with Crippen molar-refractivity contribution >= 4 is 5.97 Å². The molecule has 0 fully saturated rings. The number of nitrogens with two attached hydrogens (primary N) is 2. The fourth-order valence-electron chi connectivity index (χ4n) is 0.553. The minimum Gasteiger partial charge on any atom is -0.463 e. The first-order valence-electron chi connectivity index (χ1n) is 3.58. The van der Waals surface area contributed by atoms with E-state index in [-0.39, 0.29) is 13.2 Å². The van der Waals surface area contributed by atoms with Crippen LogP contribution in [0.5, 0.6) is 0 Å². The maximum atomic E-state index is 10.5. The maximum absolute atomic E-state index is 10.5. The first kappa shape index (κ1) is 11.3. The second-order valence-electron chi connectivity index (χ2n) is 2.28. The molecule has 0 saturated heterocycles. The Morgan fingerprint density at radius 1 is 1.75 bits per heavy atom. The Balaban J connectivity index is 3.56. The molecule has 0 radical (unpaired) electrons. The van der Waals surface area contributed by atoms with Crippen LogP contribution in [0.4, 0.5) is 0 Å².